The van der Waals surface area contributed by atoms with E-state index in [4.69, 9.17) is 0 Å². The second-order valence-corrected chi connectivity index (χ2v) is 9.17. The summed E-state index contributed by atoms with van der Waals surface area (Å²) in [6.45, 7) is 8.00. The molecule has 0 radical (unpaired) electrons. The number of anilines is 3. The number of aryl methyl sites for hydroxylation is 1. The van der Waals surface area contributed by atoms with Gasteiger partial charge in [0, 0.05) is 17.1 Å². The Morgan fingerprint density at radius 2 is 1.24 bits per heavy atom. The molecule has 5 aromatic carbocycles. The van der Waals surface area contributed by atoms with Crippen molar-refractivity contribution in [3.05, 3.63) is 157 Å². The van der Waals surface area contributed by atoms with Crippen molar-refractivity contribution in [1.29, 1.82) is 0 Å². The number of benzene rings is 5. The molecule has 0 fully saturated rings. The molecule has 5 rings (SSSR count). The van der Waals surface area contributed by atoms with Gasteiger partial charge in [-0.15, -0.1) is 0 Å². The van der Waals surface area contributed by atoms with Crippen LogP contribution in [0.3, 0.4) is 0 Å². The number of hydrogen-bond donors (Lipinski definition) is 0. The van der Waals surface area contributed by atoms with E-state index in [0.717, 1.165) is 17.1 Å². The van der Waals surface area contributed by atoms with Gasteiger partial charge in [-0.2, -0.15) is 0 Å². The van der Waals surface area contributed by atoms with E-state index in [0.29, 0.717) is 0 Å². The van der Waals surface area contributed by atoms with Crippen LogP contribution in [-0.2, 0) is 0 Å². The van der Waals surface area contributed by atoms with Crippen LogP contribution in [0.1, 0.15) is 18.1 Å². The van der Waals surface area contributed by atoms with E-state index in [1.54, 1.807) is 6.08 Å². The van der Waals surface area contributed by atoms with E-state index in [9.17, 15) is 0 Å². The van der Waals surface area contributed by atoms with Crippen LogP contribution in [0.25, 0.3) is 27.5 Å². The van der Waals surface area contributed by atoms with Crippen molar-refractivity contribution in [2.75, 3.05) is 4.90 Å². The monoisotopic (exact) mass is 477 g/mol. The topological polar surface area (TPSA) is 3.24 Å². The zero-order valence-electron chi connectivity index (χ0n) is 21.4. The lowest BCUT2D eigenvalue weighted by atomic mass is 10.0. The highest BCUT2D eigenvalue weighted by Crippen LogP contribution is 2.37. The predicted molar refractivity (Wildman–Crippen MR) is 162 cm³/mol. The number of nitrogens with zero attached hydrogens (tertiary/aromatic N) is 1. The maximum Gasteiger partial charge on any atom is 0.0468 e. The van der Waals surface area contributed by atoms with E-state index in [1.165, 1.54) is 38.6 Å². The lowest BCUT2D eigenvalue weighted by Crippen LogP contribution is -2.10. The molecule has 1 heteroatoms. The molecular weight excluding hydrogens is 446 g/mol. The molecule has 37 heavy (non-hydrogen) atoms. The summed E-state index contributed by atoms with van der Waals surface area (Å²) in [5.74, 6) is 0. The van der Waals surface area contributed by atoms with Gasteiger partial charge in [0.2, 0.25) is 0 Å². The summed E-state index contributed by atoms with van der Waals surface area (Å²) < 4.78 is 0. The molecule has 0 N–H and O–H groups in total. The number of rotatable bonds is 7. The first-order chi connectivity index (χ1) is 18.2. The minimum atomic E-state index is 1.12. The Labute approximate surface area is 220 Å². The average Bonchev–Trinajstić information content (AvgIpc) is 2.95. The van der Waals surface area contributed by atoms with Crippen LogP contribution in [0.5, 0.6) is 0 Å². The van der Waals surface area contributed by atoms with Gasteiger partial charge >= 0.3 is 0 Å². The summed E-state index contributed by atoms with van der Waals surface area (Å²) in [7, 11) is 0. The Hall–Kier alpha value is -4.62. The SMILES string of the molecule is C=C/C=C\C(=C/C)c1ccc(N(c2ccc(-c3ccccc3)cc2)c2ccc3cc(C)ccc3c2)cc1. The summed E-state index contributed by atoms with van der Waals surface area (Å²) >= 11 is 0. The first kappa shape index (κ1) is 24.1. The van der Waals surface area contributed by atoms with Crippen LogP contribution in [0.15, 0.2) is 146 Å². The molecular formula is C36H31N. The Morgan fingerprint density at radius 3 is 1.92 bits per heavy atom. The Bertz CT molecular complexity index is 1570. The van der Waals surface area contributed by atoms with Gasteiger partial charge < -0.3 is 4.90 Å². The van der Waals surface area contributed by atoms with Crippen molar-refractivity contribution in [2.45, 2.75) is 13.8 Å². The zero-order valence-corrected chi connectivity index (χ0v) is 21.4. The minimum Gasteiger partial charge on any atom is -0.310 e. The third-order valence-electron chi connectivity index (χ3n) is 6.65. The van der Waals surface area contributed by atoms with E-state index in [1.807, 2.05) is 6.08 Å². The smallest absolute Gasteiger partial charge is 0.0468 e. The van der Waals surface area contributed by atoms with E-state index in [-0.39, 0.29) is 0 Å². The van der Waals surface area contributed by atoms with E-state index < -0.39 is 0 Å². The maximum atomic E-state index is 3.80. The summed E-state index contributed by atoms with van der Waals surface area (Å²) in [6.07, 6.45) is 7.99. The Morgan fingerprint density at radius 1 is 0.649 bits per heavy atom. The molecule has 0 atom stereocenters. The number of fused-ring (bicyclic) bond motifs is 1. The molecule has 0 spiro atoms. The van der Waals surface area contributed by atoms with Crippen molar-refractivity contribution in [3.8, 4) is 11.1 Å². The highest BCUT2D eigenvalue weighted by Gasteiger charge is 2.14. The molecule has 0 amide bonds. The van der Waals surface area contributed by atoms with Gasteiger partial charge in [-0.1, -0.05) is 115 Å². The van der Waals surface area contributed by atoms with Gasteiger partial charge in [-0.05, 0) is 83.3 Å². The molecule has 1 nitrogen and oxygen atoms in total. The molecule has 0 aliphatic rings. The molecule has 0 saturated carbocycles. The summed E-state index contributed by atoms with van der Waals surface area (Å²) in [5, 5.41) is 2.49. The molecule has 180 valence electrons. The fraction of sp³-hybridized carbons (Fsp3) is 0.0556. The quantitative estimate of drug-likeness (QED) is 0.211. The molecule has 0 aromatic heterocycles. The predicted octanol–water partition coefficient (Wildman–Crippen LogP) is 10.4. The lowest BCUT2D eigenvalue weighted by Gasteiger charge is -2.26. The van der Waals surface area contributed by atoms with Crippen molar-refractivity contribution >= 4 is 33.4 Å². The molecule has 0 bridgehead atoms. The van der Waals surface area contributed by atoms with Gasteiger partial charge in [0.25, 0.3) is 0 Å². The lowest BCUT2D eigenvalue weighted by molar-refractivity contribution is 1.29. The third kappa shape index (κ3) is 5.32. The molecule has 0 saturated heterocycles. The highest BCUT2D eigenvalue weighted by molar-refractivity contribution is 5.90. The maximum absolute atomic E-state index is 3.80. The fourth-order valence-corrected chi connectivity index (χ4v) is 4.71. The fourth-order valence-electron chi connectivity index (χ4n) is 4.71. The van der Waals surface area contributed by atoms with Gasteiger partial charge in [-0.25, -0.2) is 0 Å². The van der Waals surface area contributed by atoms with Crippen LogP contribution in [0, 0.1) is 6.92 Å². The summed E-state index contributed by atoms with van der Waals surface area (Å²) in [4.78, 5) is 2.33. The normalized spacial score (nSPS) is 11.7. The van der Waals surface area contributed by atoms with E-state index in [2.05, 4.69) is 153 Å². The van der Waals surface area contributed by atoms with E-state index >= 15 is 0 Å². The summed E-state index contributed by atoms with van der Waals surface area (Å²) in [6, 6.07) is 41.4. The molecule has 0 aliphatic carbocycles. The van der Waals surface area contributed by atoms with Gasteiger partial charge in [0.15, 0.2) is 0 Å². The second kappa shape index (κ2) is 11.0. The van der Waals surface area contributed by atoms with Crippen molar-refractivity contribution < 1.29 is 0 Å². The largest absolute Gasteiger partial charge is 0.310 e. The standard InChI is InChI=1S/C36H31N/c1-4-6-10-28(5-2)30-15-20-34(21-16-30)37(36-24-19-32-25-27(3)13-14-33(32)26-36)35-22-17-31(18-23-35)29-11-8-7-9-12-29/h4-26H,1H2,2-3H3/b10-6-,28-5+. The average molecular weight is 478 g/mol. The number of hydrogen-bond acceptors (Lipinski definition) is 1. The van der Waals surface area contributed by atoms with Crippen molar-refractivity contribution in [3.63, 3.8) is 0 Å². The van der Waals surface area contributed by atoms with Gasteiger partial charge in [-0.3, -0.25) is 0 Å². The van der Waals surface area contributed by atoms with Crippen LogP contribution in [0.4, 0.5) is 17.1 Å². The Balaban J connectivity index is 1.58. The molecule has 0 aliphatic heterocycles. The first-order valence-corrected chi connectivity index (χ1v) is 12.7. The highest BCUT2D eigenvalue weighted by atomic mass is 15.1. The van der Waals surface area contributed by atoms with Crippen molar-refractivity contribution in [2.24, 2.45) is 0 Å². The zero-order chi connectivity index (χ0) is 25.6. The minimum absolute atomic E-state index is 1.12. The van der Waals surface area contributed by atoms with Crippen LogP contribution in [0.2, 0.25) is 0 Å². The molecule has 0 unspecified atom stereocenters. The summed E-state index contributed by atoms with van der Waals surface area (Å²) in [5.41, 5.74) is 9.42. The second-order valence-electron chi connectivity index (χ2n) is 9.17. The van der Waals surface area contributed by atoms with Gasteiger partial charge in [0.05, 0.1) is 0 Å². The van der Waals surface area contributed by atoms with Crippen molar-refractivity contribution in [1.82, 2.24) is 0 Å². The molecule has 0 heterocycles. The van der Waals surface area contributed by atoms with Crippen LogP contribution < -0.4 is 4.90 Å². The molecule has 5 aromatic rings. The Kier molecular flexibility index (Phi) is 7.14. The van der Waals surface area contributed by atoms with Gasteiger partial charge in [0.1, 0.15) is 0 Å². The number of allylic oxidation sites excluding steroid dienone is 5. The van der Waals surface area contributed by atoms with Crippen LogP contribution >= 0.6 is 0 Å². The third-order valence-corrected chi connectivity index (χ3v) is 6.65. The first-order valence-electron chi connectivity index (χ1n) is 12.7. The van der Waals surface area contributed by atoms with Crippen LogP contribution in [-0.4, -0.2) is 0 Å².